The van der Waals surface area contributed by atoms with Gasteiger partial charge in [-0.2, -0.15) is 18.4 Å². The van der Waals surface area contributed by atoms with Crippen LogP contribution in [0.5, 0.6) is 0 Å². The van der Waals surface area contributed by atoms with Crippen LogP contribution in [0, 0.1) is 17.2 Å². The number of rotatable bonds is 4. The van der Waals surface area contributed by atoms with E-state index in [-0.39, 0.29) is 50.8 Å². The number of likely N-dealkylation sites (tertiary alicyclic amines) is 1. The topological polar surface area (TPSA) is 47.3 Å². The molecule has 4 nitrogen and oxygen atoms in total. The van der Waals surface area contributed by atoms with Crippen molar-refractivity contribution in [3.8, 4) is 6.07 Å². The van der Waals surface area contributed by atoms with Crippen LogP contribution in [-0.2, 0) is 4.79 Å². The normalized spacial score (nSPS) is 19.4. The zero-order valence-corrected chi connectivity index (χ0v) is 11.8. The first-order valence-electron chi connectivity index (χ1n) is 6.67. The Morgan fingerprint density at radius 3 is 2.45 bits per heavy atom. The minimum Gasteiger partial charge on any atom is -0.341 e. The Morgan fingerprint density at radius 1 is 1.45 bits per heavy atom. The summed E-state index contributed by atoms with van der Waals surface area (Å²) in [7, 11) is 1.62. The SMILES string of the molecule is C[C@@H](CC#N)N(C)C(=O)CN1CCC(C(F)(F)F)CC1. The van der Waals surface area contributed by atoms with Crippen LogP contribution in [0.25, 0.3) is 0 Å². The van der Waals surface area contributed by atoms with E-state index < -0.39 is 12.1 Å². The van der Waals surface area contributed by atoms with E-state index in [9.17, 15) is 18.0 Å². The van der Waals surface area contributed by atoms with Crippen molar-refractivity contribution in [1.82, 2.24) is 9.80 Å². The number of carbonyl (C=O) groups is 1. The number of alkyl halides is 3. The largest absolute Gasteiger partial charge is 0.391 e. The van der Waals surface area contributed by atoms with Crippen LogP contribution >= 0.6 is 0 Å². The highest BCUT2D eigenvalue weighted by Gasteiger charge is 2.41. The molecule has 0 aliphatic carbocycles. The minimum absolute atomic E-state index is 0.0498. The summed E-state index contributed by atoms with van der Waals surface area (Å²) in [4.78, 5) is 15.2. The van der Waals surface area contributed by atoms with Crippen molar-refractivity contribution in [3.63, 3.8) is 0 Å². The molecule has 0 saturated carbocycles. The van der Waals surface area contributed by atoms with Gasteiger partial charge in [-0.1, -0.05) is 0 Å². The number of carbonyl (C=O) groups excluding carboxylic acids is 1. The maximum atomic E-state index is 12.5. The van der Waals surface area contributed by atoms with E-state index in [0.29, 0.717) is 0 Å². The average Bonchev–Trinajstić information content (AvgIpc) is 2.37. The monoisotopic (exact) mass is 291 g/mol. The highest BCUT2D eigenvalue weighted by molar-refractivity contribution is 5.78. The number of hydrogen-bond acceptors (Lipinski definition) is 3. The maximum Gasteiger partial charge on any atom is 0.391 e. The van der Waals surface area contributed by atoms with E-state index in [1.165, 1.54) is 4.90 Å². The molecular formula is C13H20F3N3O. The summed E-state index contributed by atoms with van der Waals surface area (Å²) < 4.78 is 37.6. The van der Waals surface area contributed by atoms with Crippen molar-refractivity contribution in [2.45, 2.75) is 38.4 Å². The summed E-state index contributed by atoms with van der Waals surface area (Å²) in [6.45, 7) is 2.47. The van der Waals surface area contributed by atoms with Gasteiger partial charge >= 0.3 is 6.18 Å². The van der Waals surface area contributed by atoms with Crippen LogP contribution in [-0.4, -0.2) is 54.6 Å². The molecule has 1 rings (SSSR count). The second-order valence-corrected chi connectivity index (χ2v) is 5.31. The molecule has 1 atom stereocenters. The lowest BCUT2D eigenvalue weighted by molar-refractivity contribution is -0.185. The van der Waals surface area contributed by atoms with Crippen LogP contribution < -0.4 is 0 Å². The third kappa shape index (κ3) is 4.67. The quantitative estimate of drug-likeness (QED) is 0.796. The summed E-state index contributed by atoms with van der Waals surface area (Å²) in [5, 5.41) is 8.59. The fourth-order valence-electron chi connectivity index (χ4n) is 2.24. The molecule has 0 N–H and O–H groups in total. The van der Waals surface area contributed by atoms with Crippen LogP contribution in [0.1, 0.15) is 26.2 Å². The Labute approximate surface area is 117 Å². The predicted octanol–water partition coefficient (Wildman–Crippen LogP) is 2.02. The van der Waals surface area contributed by atoms with Gasteiger partial charge in [-0.25, -0.2) is 0 Å². The minimum atomic E-state index is -4.13. The van der Waals surface area contributed by atoms with Gasteiger partial charge in [-0.15, -0.1) is 0 Å². The van der Waals surface area contributed by atoms with Crippen molar-refractivity contribution < 1.29 is 18.0 Å². The van der Waals surface area contributed by atoms with E-state index in [1.54, 1.807) is 18.9 Å². The fourth-order valence-corrected chi connectivity index (χ4v) is 2.24. The van der Waals surface area contributed by atoms with Gasteiger partial charge < -0.3 is 4.90 Å². The number of nitriles is 1. The molecule has 20 heavy (non-hydrogen) atoms. The highest BCUT2D eigenvalue weighted by atomic mass is 19.4. The second kappa shape index (κ2) is 6.93. The van der Waals surface area contributed by atoms with E-state index >= 15 is 0 Å². The number of likely N-dealkylation sites (N-methyl/N-ethyl adjacent to an activating group) is 1. The standard InChI is InChI=1S/C13H20F3N3O/c1-10(3-6-17)18(2)12(20)9-19-7-4-11(5-8-19)13(14,15)16/h10-11H,3-5,7-9H2,1-2H3/t10-/m0/s1. The molecular weight excluding hydrogens is 271 g/mol. The van der Waals surface area contributed by atoms with Crippen LogP contribution in [0.15, 0.2) is 0 Å². The first-order chi connectivity index (χ1) is 9.25. The lowest BCUT2D eigenvalue weighted by Crippen LogP contribution is -2.46. The van der Waals surface area contributed by atoms with E-state index in [2.05, 4.69) is 0 Å². The van der Waals surface area contributed by atoms with Gasteiger partial charge in [0.05, 0.1) is 25.0 Å². The number of halogens is 3. The molecule has 114 valence electrons. The third-order valence-electron chi connectivity index (χ3n) is 3.85. The maximum absolute atomic E-state index is 12.5. The molecule has 0 aromatic heterocycles. The Kier molecular flexibility index (Phi) is 5.81. The van der Waals surface area contributed by atoms with Gasteiger partial charge in [-0.3, -0.25) is 9.69 Å². The van der Waals surface area contributed by atoms with Crippen molar-refractivity contribution in [2.75, 3.05) is 26.7 Å². The van der Waals surface area contributed by atoms with Crippen LogP contribution in [0.4, 0.5) is 13.2 Å². The Morgan fingerprint density at radius 2 is 2.00 bits per heavy atom. The van der Waals surface area contributed by atoms with Gasteiger partial charge in [0.1, 0.15) is 0 Å². The fraction of sp³-hybridized carbons (Fsp3) is 0.846. The first-order valence-corrected chi connectivity index (χ1v) is 6.67. The molecule has 1 amide bonds. The molecule has 1 heterocycles. The summed E-state index contributed by atoms with van der Waals surface area (Å²) in [6, 6.07) is 1.82. The van der Waals surface area contributed by atoms with E-state index in [1.807, 2.05) is 6.07 Å². The predicted molar refractivity (Wildman–Crippen MR) is 67.7 cm³/mol. The Bertz CT molecular complexity index is 370. The number of piperidine rings is 1. The van der Waals surface area contributed by atoms with Gasteiger partial charge in [0.2, 0.25) is 5.91 Å². The summed E-state index contributed by atoms with van der Waals surface area (Å²) >= 11 is 0. The molecule has 0 unspecified atom stereocenters. The average molecular weight is 291 g/mol. The number of amides is 1. The lowest BCUT2D eigenvalue weighted by atomic mass is 9.96. The Hall–Kier alpha value is -1.29. The van der Waals surface area contributed by atoms with Gasteiger partial charge in [0, 0.05) is 13.1 Å². The van der Waals surface area contributed by atoms with E-state index in [0.717, 1.165) is 0 Å². The van der Waals surface area contributed by atoms with Crippen molar-refractivity contribution >= 4 is 5.91 Å². The van der Waals surface area contributed by atoms with Gasteiger partial charge in [0.15, 0.2) is 0 Å². The second-order valence-electron chi connectivity index (χ2n) is 5.31. The van der Waals surface area contributed by atoms with Crippen LogP contribution in [0.3, 0.4) is 0 Å². The van der Waals surface area contributed by atoms with Gasteiger partial charge in [0.25, 0.3) is 0 Å². The molecule has 0 aromatic carbocycles. The molecule has 0 bridgehead atoms. The highest BCUT2D eigenvalue weighted by Crippen LogP contribution is 2.33. The zero-order chi connectivity index (χ0) is 15.3. The zero-order valence-electron chi connectivity index (χ0n) is 11.8. The third-order valence-corrected chi connectivity index (χ3v) is 3.85. The lowest BCUT2D eigenvalue weighted by Gasteiger charge is -2.34. The van der Waals surface area contributed by atoms with Gasteiger partial charge in [-0.05, 0) is 32.9 Å². The molecule has 1 saturated heterocycles. The summed E-state index contributed by atoms with van der Waals surface area (Å²) in [6.07, 6.45) is -3.78. The smallest absolute Gasteiger partial charge is 0.341 e. The number of nitrogens with zero attached hydrogens (tertiary/aromatic N) is 3. The van der Waals surface area contributed by atoms with E-state index in [4.69, 9.17) is 5.26 Å². The molecule has 1 aliphatic rings. The van der Waals surface area contributed by atoms with Crippen molar-refractivity contribution in [2.24, 2.45) is 5.92 Å². The molecule has 0 aromatic rings. The molecule has 1 fully saturated rings. The number of hydrogen-bond donors (Lipinski definition) is 0. The van der Waals surface area contributed by atoms with Crippen molar-refractivity contribution in [1.29, 1.82) is 5.26 Å². The van der Waals surface area contributed by atoms with Crippen molar-refractivity contribution in [3.05, 3.63) is 0 Å². The molecule has 0 spiro atoms. The molecule has 0 radical (unpaired) electrons. The molecule has 7 heteroatoms. The first kappa shape index (κ1) is 16.8. The molecule has 1 aliphatic heterocycles. The summed E-state index contributed by atoms with van der Waals surface area (Å²) in [5.41, 5.74) is 0. The van der Waals surface area contributed by atoms with Crippen LogP contribution in [0.2, 0.25) is 0 Å². The summed E-state index contributed by atoms with van der Waals surface area (Å²) in [5.74, 6) is -1.40. The Balaban J connectivity index is 2.40.